The SMILES string of the molecule is COc1ccc2nnc(CNC(=O)Cc3ccc4c(c3)OCO4)n2n1. The summed E-state index contributed by atoms with van der Waals surface area (Å²) in [5.74, 6) is 2.18. The summed E-state index contributed by atoms with van der Waals surface area (Å²) in [7, 11) is 1.53. The molecular formula is C16H15N5O4. The van der Waals surface area contributed by atoms with Crippen molar-refractivity contribution in [2.45, 2.75) is 13.0 Å². The molecule has 3 heterocycles. The van der Waals surface area contributed by atoms with Crippen molar-refractivity contribution in [3.63, 3.8) is 0 Å². The third-order valence-corrected chi connectivity index (χ3v) is 3.76. The molecule has 0 saturated heterocycles. The molecule has 1 amide bonds. The van der Waals surface area contributed by atoms with Crippen molar-refractivity contribution in [2.75, 3.05) is 13.9 Å². The maximum atomic E-state index is 12.2. The van der Waals surface area contributed by atoms with E-state index in [-0.39, 0.29) is 25.7 Å². The second kappa shape index (κ2) is 6.27. The number of ether oxygens (including phenoxy) is 3. The van der Waals surface area contributed by atoms with Gasteiger partial charge in [0, 0.05) is 6.07 Å². The fourth-order valence-electron chi connectivity index (χ4n) is 2.51. The Labute approximate surface area is 142 Å². The fraction of sp³-hybridized carbons (Fsp3) is 0.250. The van der Waals surface area contributed by atoms with Gasteiger partial charge in [-0.3, -0.25) is 4.79 Å². The Morgan fingerprint density at radius 2 is 2.12 bits per heavy atom. The van der Waals surface area contributed by atoms with Crippen LogP contribution in [0.25, 0.3) is 5.65 Å². The van der Waals surface area contributed by atoms with Crippen molar-refractivity contribution in [3.8, 4) is 17.4 Å². The number of hydrogen-bond acceptors (Lipinski definition) is 7. The van der Waals surface area contributed by atoms with Gasteiger partial charge in [0.1, 0.15) is 0 Å². The van der Waals surface area contributed by atoms with Crippen LogP contribution in [0.4, 0.5) is 0 Å². The lowest BCUT2D eigenvalue weighted by molar-refractivity contribution is -0.120. The number of nitrogens with zero attached hydrogens (tertiary/aromatic N) is 4. The number of nitrogens with one attached hydrogen (secondary N) is 1. The number of aromatic nitrogens is 4. The number of benzene rings is 1. The Morgan fingerprint density at radius 1 is 1.24 bits per heavy atom. The Balaban J connectivity index is 1.42. The first-order valence-electron chi connectivity index (χ1n) is 7.63. The molecule has 128 valence electrons. The van der Waals surface area contributed by atoms with Crippen molar-refractivity contribution in [1.29, 1.82) is 0 Å². The van der Waals surface area contributed by atoms with Gasteiger partial charge in [0.15, 0.2) is 23.0 Å². The Kier molecular flexibility index (Phi) is 3.81. The van der Waals surface area contributed by atoms with E-state index >= 15 is 0 Å². The van der Waals surface area contributed by atoms with Gasteiger partial charge in [0.05, 0.1) is 20.1 Å². The van der Waals surface area contributed by atoms with E-state index in [2.05, 4.69) is 20.6 Å². The van der Waals surface area contributed by atoms with Gasteiger partial charge < -0.3 is 19.5 Å². The molecule has 9 nitrogen and oxygen atoms in total. The van der Waals surface area contributed by atoms with E-state index in [0.29, 0.717) is 28.9 Å². The summed E-state index contributed by atoms with van der Waals surface area (Å²) in [5.41, 5.74) is 1.42. The predicted octanol–water partition coefficient (Wildman–Crippen LogP) is 0.720. The van der Waals surface area contributed by atoms with Crippen molar-refractivity contribution in [2.24, 2.45) is 0 Å². The van der Waals surface area contributed by atoms with E-state index in [1.807, 2.05) is 6.07 Å². The lowest BCUT2D eigenvalue weighted by Gasteiger charge is -2.05. The van der Waals surface area contributed by atoms with Crippen LogP contribution in [0.3, 0.4) is 0 Å². The van der Waals surface area contributed by atoms with Gasteiger partial charge in [-0.2, -0.15) is 4.52 Å². The van der Waals surface area contributed by atoms with E-state index < -0.39 is 0 Å². The molecule has 0 fully saturated rings. The highest BCUT2D eigenvalue weighted by molar-refractivity contribution is 5.78. The van der Waals surface area contributed by atoms with Crippen LogP contribution in [0.1, 0.15) is 11.4 Å². The van der Waals surface area contributed by atoms with Crippen LogP contribution in [0.5, 0.6) is 17.4 Å². The molecule has 0 atom stereocenters. The smallest absolute Gasteiger partial charge is 0.231 e. The third-order valence-electron chi connectivity index (χ3n) is 3.76. The quantitative estimate of drug-likeness (QED) is 0.730. The molecule has 0 bridgehead atoms. The van der Waals surface area contributed by atoms with Crippen LogP contribution in [0.2, 0.25) is 0 Å². The minimum atomic E-state index is -0.140. The van der Waals surface area contributed by atoms with Gasteiger partial charge in [0.2, 0.25) is 18.6 Å². The zero-order valence-electron chi connectivity index (χ0n) is 13.4. The summed E-state index contributed by atoms with van der Waals surface area (Å²) in [5, 5.41) is 15.1. The molecule has 0 saturated carbocycles. The first-order valence-corrected chi connectivity index (χ1v) is 7.63. The second-order valence-corrected chi connectivity index (χ2v) is 5.40. The number of hydrogen-bond donors (Lipinski definition) is 1. The van der Waals surface area contributed by atoms with E-state index in [0.717, 1.165) is 5.56 Å². The molecule has 4 rings (SSSR count). The Bertz CT molecular complexity index is 939. The molecular weight excluding hydrogens is 326 g/mol. The van der Waals surface area contributed by atoms with Gasteiger partial charge in [-0.05, 0) is 23.8 Å². The maximum absolute atomic E-state index is 12.2. The Morgan fingerprint density at radius 3 is 3.00 bits per heavy atom. The molecule has 1 aromatic carbocycles. The normalized spacial score (nSPS) is 12.4. The summed E-state index contributed by atoms with van der Waals surface area (Å²) >= 11 is 0. The first-order chi connectivity index (χ1) is 12.2. The topological polar surface area (TPSA) is 99.9 Å². The number of fused-ring (bicyclic) bond motifs is 2. The van der Waals surface area contributed by atoms with Crippen LogP contribution >= 0.6 is 0 Å². The second-order valence-electron chi connectivity index (χ2n) is 5.40. The molecule has 0 radical (unpaired) electrons. The van der Waals surface area contributed by atoms with Crippen LogP contribution in [-0.2, 0) is 17.8 Å². The minimum absolute atomic E-state index is 0.140. The number of rotatable bonds is 5. The zero-order valence-corrected chi connectivity index (χ0v) is 13.4. The first kappa shape index (κ1) is 15.2. The predicted molar refractivity (Wildman–Crippen MR) is 85.4 cm³/mol. The van der Waals surface area contributed by atoms with Crippen LogP contribution in [0, 0.1) is 0 Å². The minimum Gasteiger partial charge on any atom is -0.480 e. The monoisotopic (exact) mass is 341 g/mol. The molecule has 0 spiro atoms. The molecule has 0 aliphatic carbocycles. The zero-order chi connectivity index (χ0) is 17.2. The molecule has 3 aromatic rings. The highest BCUT2D eigenvalue weighted by Gasteiger charge is 2.15. The highest BCUT2D eigenvalue weighted by atomic mass is 16.7. The average Bonchev–Trinajstić information content (AvgIpc) is 3.25. The van der Waals surface area contributed by atoms with Crippen LogP contribution < -0.4 is 19.5 Å². The van der Waals surface area contributed by atoms with Crippen LogP contribution in [0.15, 0.2) is 30.3 Å². The van der Waals surface area contributed by atoms with Gasteiger partial charge >= 0.3 is 0 Å². The summed E-state index contributed by atoms with van der Waals surface area (Å²) in [6, 6.07) is 8.89. The molecule has 1 aliphatic rings. The largest absolute Gasteiger partial charge is 0.480 e. The highest BCUT2D eigenvalue weighted by Crippen LogP contribution is 2.32. The van der Waals surface area contributed by atoms with Gasteiger partial charge in [-0.25, -0.2) is 0 Å². The third kappa shape index (κ3) is 3.03. The van der Waals surface area contributed by atoms with Crippen molar-refractivity contribution in [3.05, 3.63) is 41.7 Å². The van der Waals surface area contributed by atoms with E-state index in [1.54, 1.807) is 28.8 Å². The Hall–Kier alpha value is -3.36. The number of carbonyl (C=O) groups excluding carboxylic acids is 1. The van der Waals surface area contributed by atoms with Gasteiger partial charge in [0.25, 0.3) is 0 Å². The average molecular weight is 341 g/mol. The van der Waals surface area contributed by atoms with E-state index in [9.17, 15) is 4.79 Å². The standard InChI is InChI=1S/C16H15N5O4/c1-23-16-5-4-13-18-19-14(21(13)20-16)8-17-15(22)7-10-2-3-11-12(6-10)25-9-24-11/h2-6H,7-9H2,1H3,(H,17,22). The summed E-state index contributed by atoms with van der Waals surface area (Å²) in [6.07, 6.45) is 0.226. The molecule has 2 aromatic heterocycles. The lowest BCUT2D eigenvalue weighted by atomic mass is 10.1. The molecule has 25 heavy (non-hydrogen) atoms. The summed E-state index contributed by atoms with van der Waals surface area (Å²) < 4.78 is 17.2. The summed E-state index contributed by atoms with van der Waals surface area (Å²) in [4.78, 5) is 12.2. The van der Waals surface area contributed by atoms with Gasteiger partial charge in [-0.15, -0.1) is 15.3 Å². The number of carbonyl (C=O) groups is 1. The van der Waals surface area contributed by atoms with Crippen molar-refractivity contribution >= 4 is 11.6 Å². The van der Waals surface area contributed by atoms with Crippen molar-refractivity contribution in [1.82, 2.24) is 25.1 Å². The molecule has 1 aliphatic heterocycles. The fourth-order valence-corrected chi connectivity index (χ4v) is 2.51. The van der Waals surface area contributed by atoms with E-state index in [1.165, 1.54) is 7.11 Å². The van der Waals surface area contributed by atoms with Crippen molar-refractivity contribution < 1.29 is 19.0 Å². The van der Waals surface area contributed by atoms with E-state index in [4.69, 9.17) is 14.2 Å². The molecule has 0 unspecified atom stereocenters. The summed E-state index contributed by atoms with van der Waals surface area (Å²) in [6.45, 7) is 0.423. The van der Waals surface area contributed by atoms with Gasteiger partial charge in [-0.1, -0.05) is 6.07 Å². The number of amides is 1. The van der Waals surface area contributed by atoms with Crippen LogP contribution in [-0.4, -0.2) is 39.6 Å². The number of methoxy groups -OCH3 is 1. The maximum Gasteiger partial charge on any atom is 0.231 e. The molecule has 9 heteroatoms. The lowest BCUT2D eigenvalue weighted by Crippen LogP contribution is -2.25. The molecule has 1 N–H and O–H groups in total.